The van der Waals surface area contributed by atoms with Gasteiger partial charge in [-0.3, -0.25) is 14.9 Å². The minimum Gasteiger partial charge on any atom is -0.375 e. The number of carbonyl (C=O) groups is 1. The maximum Gasteiger partial charge on any atom is 0.269 e. The molecule has 8 heteroatoms. The molecule has 0 atom stereocenters. The second-order valence-corrected chi connectivity index (χ2v) is 4.94. The molecule has 20 heavy (non-hydrogen) atoms. The lowest BCUT2D eigenvalue weighted by molar-refractivity contribution is -0.384. The molecule has 0 aliphatic rings. The molecule has 1 aromatic heterocycles. The molecule has 0 saturated heterocycles. The fourth-order valence-corrected chi connectivity index (χ4v) is 2.13. The van der Waals surface area contributed by atoms with Crippen molar-refractivity contribution >= 4 is 28.1 Å². The predicted molar refractivity (Wildman–Crippen MR) is 75.2 cm³/mol. The number of amides is 1. The van der Waals surface area contributed by atoms with Crippen molar-refractivity contribution in [2.24, 2.45) is 0 Å². The Bertz CT molecular complexity index is 624. The molecule has 0 bridgehead atoms. The summed E-state index contributed by atoms with van der Waals surface area (Å²) in [5.74, 6) is -0.173. The Morgan fingerprint density at radius 3 is 2.65 bits per heavy atom. The van der Waals surface area contributed by atoms with Gasteiger partial charge in [0.15, 0.2) is 5.13 Å². The van der Waals surface area contributed by atoms with Gasteiger partial charge >= 0.3 is 0 Å². The van der Waals surface area contributed by atoms with Gasteiger partial charge in [-0.25, -0.2) is 4.98 Å². The number of hydrogen-bond donors (Lipinski definition) is 2. The lowest BCUT2D eigenvalue weighted by Gasteiger charge is -2.04. The maximum atomic E-state index is 11.7. The van der Waals surface area contributed by atoms with Gasteiger partial charge in [-0.1, -0.05) is 12.1 Å². The number of non-ortho nitro benzene ring substituents is 1. The molecule has 0 saturated carbocycles. The number of nitrogens with zero attached hydrogens (tertiary/aromatic N) is 2. The Labute approximate surface area is 118 Å². The average Bonchev–Trinajstić information content (AvgIpc) is 2.82. The van der Waals surface area contributed by atoms with E-state index in [1.165, 1.54) is 23.5 Å². The zero-order valence-electron chi connectivity index (χ0n) is 10.4. The smallest absolute Gasteiger partial charge is 0.269 e. The van der Waals surface area contributed by atoms with E-state index in [1.807, 2.05) is 0 Å². The van der Waals surface area contributed by atoms with Gasteiger partial charge in [0.05, 0.1) is 17.0 Å². The number of rotatable bonds is 5. The van der Waals surface area contributed by atoms with Crippen molar-refractivity contribution < 1.29 is 9.72 Å². The van der Waals surface area contributed by atoms with E-state index >= 15 is 0 Å². The van der Waals surface area contributed by atoms with Crippen LogP contribution in [-0.4, -0.2) is 15.8 Å². The molecule has 0 radical (unpaired) electrons. The van der Waals surface area contributed by atoms with Crippen LogP contribution in [0.4, 0.5) is 10.8 Å². The largest absolute Gasteiger partial charge is 0.375 e. The van der Waals surface area contributed by atoms with E-state index < -0.39 is 4.92 Å². The zero-order valence-corrected chi connectivity index (χ0v) is 11.2. The van der Waals surface area contributed by atoms with E-state index in [1.54, 1.807) is 17.5 Å². The van der Waals surface area contributed by atoms with Crippen molar-refractivity contribution in [3.05, 3.63) is 51.0 Å². The fourth-order valence-electron chi connectivity index (χ4n) is 1.57. The highest BCUT2D eigenvalue weighted by Gasteiger charge is 2.07. The van der Waals surface area contributed by atoms with E-state index in [-0.39, 0.29) is 18.0 Å². The first-order valence-corrected chi connectivity index (χ1v) is 6.62. The summed E-state index contributed by atoms with van der Waals surface area (Å²) in [5.41, 5.74) is 6.93. The van der Waals surface area contributed by atoms with Crippen LogP contribution in [0.25, 0.3) is 0 Å². The molecule has 0 spiro atoms. The van der Waals surface area contributed by atoms with Crippen LogP contribution in [0.1, 0.15) is 11.3 Å². The normalized spacial score (nSPS) is 10.2. The number of nitrogens with one attached hydrogen (secondary N) is 1. The fraction of sp³-hybridized carbons (Fsp3) is 0.167. The van der Waals surface area contributed by atoms with Crippen molar-refractivity contribution in [2.75, 3.05) is 5.73 Å². The van der Waals surface area contributed by atoms with Gasteiger partial charge in [-0.2, -0.15) is 0 Å². The molecule has 1 amide bonds. The van der Waals surface area contributed by atoms with E-state index in [0.29, 0.717) is 17.4 Å². The summed E-state index contributed by atoms with van der Waals surface area (Å²) in [6.45, 7) is 0.316. The number of thiazole rings is 1. The highest BCUT2D eigenvalue weighted by molar-refractivity contribution is 7.13. The molecule has 0 aliphatic carbocycles. The van der Waals surface area contributed by atoms with E-state index in [4.69, 9.17) is 5.73 Å². The van der Waals surface area contributed by atoms with E-state index in [2.05, 4.69) is 10.3 Å². The molecular weight excluding hydrogens is 280 g/mol. The Morgan fingerprint density at radius 2 is 2.10 bits per heavy atom. The number of aromatic nitrogens is 1. The second kappa shape index (κ2) is 6.11. The van der Waals surface area contributed by atoms with Gasteiger partial charge in [0.25, 0.3) is 5.69 Å². The lowest BCUT2D eigenvalue weighted by Crippen LogP contribution is -2.24. The quantitative estimate of drug-likeness (QED) is 0.640. The van der Waals surface area contributed by atoms with Crippen LogP contribution < -0.4 is 11.1 Å². The van der Waals surface area contributed by atoms with Gasteiger partial charge < -0.3 is 11.1 Å². The molecule has 1 heterocycles. The molecule has 1 aromatic carbocycles. The van der Waals surface area contributed by atoms with Crippen molar-refractivity contribution in [3.63, 3.8) is 0 Å². The topological polar surface area (TPSA) is 111 Å². The minimum atomic E-state index is -0.463. The third-order valence-electron chi connectivity index (χ3n) is 2.55. The van der Waals surface area contributed by atoms with Crippen molar-refractivity contribution in [3.8, 4) is 0 Å². The highest BCUT2D eigenvalue weighted by Crippen LogP contribution is 2.13. The molecule has 0 aliphatic heterocycles. The first kappa shape index (κ1) is 13.9. The molecule has 0 unspecified atom stereocenters. The maximum absolute atomic E-state index is 11.7. The van der Waals surface area contributed by atoms with Crippen molar-refractivity contribution in [2.45, 2.75) is 13.0 Å². The summed E-state index contributed by atoms with van der Waals surface area (Å²) in [7, 11) is 0. The van der Waals surface area contributed by atoms with Crippen molar-refractivity contribution in [1.29, 1.82) is 0 Å². The first-order chi connectivity index (χ1) is 9.54. The van der Waals surface area contributed by atoms with E-state index in [9.17, 15) is 14.9 Å². The molecule has 7 nitrogen and oxygen atoms in total. The predicted octanol–water partition coefficient (Wildman–Crippen LogP) is 1.49. The summed E-state index contributed by atoms with van der Waals surface area (Å²) in [5, 5.41) is 15.4. The third kappa shape index (κ3) is 3.75. The number of nitrogen functional groups attached to an aromatic ring is 1. The Hall–Kier alpha value is -2.48. The molecule has 0 fully saturated rings. The minimum absolute atomic E-state index is 0.0259. The molecule has 104 valence electrons. The lowest BCUT2D eigenvalue weighted by atomic mass is 10.2. The van der Waals surface area contributed by atoms with Gasteiger partial charge in [0.1, 0.15) is 0 Å². The SMILES string of the molecule is Nc1nc(CC(=O)NCc2ccc([N+](=O)[O-])cc2)cs1. The Balaban J connectivity index is 1.85. The summed E-state index contributed by atoms with van der Waals surface area (Å²) in [6.07, 6.45) is 0.167. The summed E-state index contributed by atoms with van der Waals surface area (Å²) in [6, 6.07) is 6.03. The average molecular weight is 292 g/mol. The summed E-state index contributed by atoms with van der Waals surface area (Å²) in [4.78, 5) is 25.7. The monoisotopic (exact) mass is 292 g/mol. The Morgan fingerprint density at radius 1 is 1.40 bits per heavy atom. The van der Waals surface area contributed by atoms with Crippen LogP contribution in [-0.2, 0) is 17.8 Å². The van der Waals surface area contributed by atoms with Crippen LogP contribution in [0.3, 0.4) is 0 Å². The van der Waals surface area contributed by atoms with Gasteiger partial charge in [-0.15, -0.1) is 11.3 Å². The second-order valence-electron chi connectivity index (χ2n) is 4.05. The van der Waals surface area contributed by atoms with Crippen molar-refractivity contribution in [1.82, 2.24) is 10.3 Å². The highest BCUT2D eigenvalue weighted by atomic mass is 32.1. The number of nitrogens with two attached hydrogens (primary N) is 1. The number of hydrogen-bond acceptors (Lipinski definition) is 6. The number of nitro benzene ring substituents is 1. The third-order valence-corrected chi connectivity index (χ3v) is 3.27. The number of benzene rings is 1. The first-order valence-electron chi connectivity index (χ1n) is 5.74. The van der Waals surface area contributed by atoms with Gasteiger partial charge in [0.2, 0.25) is 5.91 Å². The van der Waals surface area contributed by atoms with Crippen LogP contribution in [0.2, 0.25) is 0 Å². The number of nitro groups is 1. The van der Waals surface area contributed by atoms with Crippen LogP contribution in [0.15, 0.2) is 29.6 Å². The van der Waals surface area contributed by atoms with Gasteiger partial charge in [-0.05, 0) is 5.56 Å². The molecule has 2 rings (SSSR count). The molecule has 3 N–H and O–H groups in total. The molecule has 2 aromatic rings. The summed E-state index contributed by atoms with van der Waals surface area (Å²) >= 11 is 1.29. The van der Waals surface area contributed by atoms with Crippen LogP contribution in [0.5, 0.6) is 0 Å². The standard InChI is InChI=1S/C12H12N4O3S/c13-12-15-9(7-20-12)5-11(17)14-6-8-1-3-10(4-2-8)16(18)19/h1-4,7H,5-6H2,(H2,13,15)(H,14,17). The van der Waals surface area contributed by atoms with Gasteiger partial charge in [0, 0.05) is 24.1 Å². The Kier molecular flexibility index (Phi) is 4.26. The summed E-state index contributed by atoms with van der Waals surface area (Å²) < 4.78 is 0. The number of anilines is 1. The van der Waals surface area contributed by atoms with Crippen LogP contribution >= 0.6 is 11.3 Å². The zero-order chi connectivity index (χ0) is 14.5. The van der Waals surface area contributed by atoms with Crippen LogP contribution in [0, 0.1) is 10.1 Å². The molecular formula is C12H12N4O3S. The number of carbonyl (C=O) groups excluding carboxylic acids is 1. The van der Waals surface area contributed by atoms with E-state index in [0.717, 1.165) is 5.56 Å².